The number of carbonyl (C=O) groups is 2. The van der Waals surface area contributed by atoms with Crippen LogP contribution in [0.2, 0.25) is 5.02 Å². The van der Waals surface area contributed by atoms with Crippen molar-refractivity contribution in [3.8, 4) is 12.3 Å². The van der Waals surface area contributed by atoms with Crippen LogP contribution < -0.4 is 4.90 Å². The second-order valence-electron chi connectivity index (χ2n) is 6.12. The van der Waals surface area contributed by atoms with Gasteiger partial charge in [-0.15, -0.1) is 6.42 Å². The summed E-state index contributed by atoms with van der Waals surface area (Å²) in [6.45, 7) is 1.55. The molecule has 0 aromatic heterocycles. The van der Waals surface area contributed by atoms with E-state index in [1.807, 2.05) is 0 Å². The number of carbonyl (C=O) groups excluding carboxylic acids is 2. The first-order valence-corrected chi connectivity index (χ1v) is 9.05. The number of fused-ring (bicyclic) bond motifs is 1. The Kier molecular flexibility index (Phi) is 4.94. The number of rotatable bonds is 4. The van der Waals surface area contributed by atoms with Crippen molar-refractivity contribution in [3.63, 3.8) is 0 Å². The van der Waals surface area contributed by atoms with Gasteiger partial charge in [-0.3, -0.25) is 14.5 Å². The minimum absolute atomic E-state index is 0.0115. The molecule has 0 aliphatic carbocycles. The van der Waals surface area contributed by atoms with E-state index in [-0.39, 0.29) is 12.3 Å². The molecule has 4 nitrogen and oxygen atoms in total. The molecule has 0 unspecified atom stereocenters. The van der Waals surface area contributed by atoms with E-state index in [9.17, 15) is 14.7 Å². The molecule has 1 heterocycles. The fourth-order valence-electron chi connectivity index (χ4n) is 3.20. The molecule has 0 bridgehead atoms. The van der Waals surface area contributed by atoms with Gasteiger partial charge in [-0.05, 0) is 42.5 Å². The van der Waals surface area contributed by atoms with Gasteiger partial charge in [0.05, 0.1) is 18.2 Å². The van der Waals surface area contributed by atoms with Crippen molar-refractivity contribution in [3.05, 3.63) is 63.1 Å². The minimum Gasteiger partial charge on any atom is -0.375 e. The summed E-state index contributed by atoms with van der Waals surface area (Å²) in [6.07, 6.45) is 5.37. The zero-order valence-electron chi connectivity index (χ0n) is 13.9. The first-order valence-electron chi connectivity index (χ1n) is 7.88. The van der Waals surface area contributed by atoms with Crippen molar-refractivity contribution < 1.29 is 14.7 Å². The van der Waals surface area contributed by atoms with Gasteiger partial charge in [0.2, 0.25) is 0 Å². The van der Waals surface area contributed by atoms with Crippen molar-refractivity contribution in [2.45, 2.75) is 12.5 Å². The Hall–Kier alpha value is -2.13. The first kappa shape index (κ1) is 18.7. The minimum atomic E-state index is -1.99. The van der Waals surface area contributed by atoms with Gasteiger partial charge in [0.15, 0.2) is 11.4 Å². The lowest BCUT2D eigenvalue weighted by Crippen LogP contribution is -2.47. The molecule has 2 atom stereocenters. The van der Waals surface area contributed by atoms with E-state index in [1.54, 1.807) is 49.4 Å². The molecule has 0 saturated heterocycles. The van der Waals surface area contributed by atoms with E-state index in [1.165, 1.54) is 4.90 Å². The molecule has 3 rings (SSSR count). The van der Waals surface area contributed by atoms with Crippen molar-refractivity contribution in [1.82, 2.24) is 0 Å². The first-order chi connectivity index (χ1) is 12.3. The number of halogens is 2. The van der Waals surface area contributed by atoms with Crippen LogP contribution in [-0.2, 0) is 10.4 Å². The van der Waals surface area contributed by atoms with Crippen molar-refractivity contribution in [2.24, 2.45) is 5.92 Å². The van der Waals surface area contributed by atoms with Crippen molar-refractivity contribution >= 4 is 44.9 Å². The Balaban J connectivity index is 2.09. The Morgan fingerprint density at radius 1 is 1.35 bits per heavy atom. The topological polar surface area (TPSA) is 57.6 Å². The van der Waals surface area contributed by atoms with Crippen LogP contribution in [0.15, 0.2) is 46.9 Å². The Morgan fingerprint density at radius 3 is 2.62 bits per heavy atom. The second kappa shape index (κ2) is 6.88. The van der Waals surface area contributed by atoms with E-state index >= 15 is 0 Å². The summed E-state index contributed by atoms with van der Waals surface area (Å²) in [5, 5.41) is 11.9. The summed E-state index contributed by atoms with van der Waals surface area (Å²) in [5.41, 5.74) is -0.751. The number of aliphatic hydroxyl groups is 1. The molecule has 2 aromatic rings. The second-order valence-corrected chi connectivity index (χ2v) is 7.47. The number of terminal acetylenes is 1. The van der Waals surface area contributed by atoms with Crippen LogP contribution in [0.25, 0.3) is 0 Å². The van der Waals surface area contributed by atoms with Crippen LogP contribution in [-0.4, -0.2) is 23.3 Å². The van der Waals surface area contributed by atoms with Gasteiger partial charge < -0.3 is 5.11 Å². The van der Waals surface area contributed by atoms with Crippen LogP contribution in [0.3, 0.4) is 0 Å². The fraction of sp³-hybridized carbons (Fsp3) is 0.200. The number of Topliss-reactive ketones (excluding diaryl/α,β-unsaturated/α-hetero) is 1. The van der Waals surface area contributed by atoms with Crippen molar-refractivity contribution in [1.29, 1.82) is 0 Å². The van der Waals surface area contributed by atoms with Crippen molar-refractivity contribution in [2.75, 3.05) is 11.4 Å². The third-order valence-electron chi connectivity index (χ3n) is 4.63. The standard InChI is InChI=1S/C20H15BrClNO3/c1-3-10-23-17-9-6-14(21)11-16(17)20(26,19(23)25)12(2)18(24)13-4-7-15(22)8-5-13/h1,4-9,11-12,26H,10H2,2H3/t12-,20-/m1/s1. The van der Waals surface area contributed by atoms with Crippen LogP contribution in [0, 0.1) is 18.3 Å². The highest BCUT2D eigenvalue weighted by atomic mass is 79.9. The van der Waals surface area contributed by atoms with E-state index in [0.717, 1.165) is 0 Å². The normalized spacial score (nSPS) is 19.8. The third-order valence-corrected chi connectivity index (χ3v) is 5.37. The average molecular weight is 433 g/mol. The monoisotopic (exact) mass is 431 g/mol. The van der Waals surface area contributed by atoms with Gasteiger partial charge in [-0.1, -0.05) is 40.4 Å². The molecule has 1 N–H and O–H groups in total. The van der Waals surface area contributed by atoms with Gasteiger partial charge in [0, 0.05) is 20.6 Å². The summed E-state index contributed by atoms with van der Waals surface area (Å²) in [7, 11) is 0. The Labute approximate surface area is 164 Å². The highest BCUT2D eigenvalue weighted by molar-refractivity contribution is 9.10. The molecular formula is C20H15BrClNO3. The number of anilines is 1. The van der Waals surface area contributed by atoms with Crippen LogP contribution >= 0.6 is 27.5 Å². The van der Waals surface area contributed by atoms with E-state index < -0.39 is 17.4 Å². The molecule has 2 aromatic carbocycles. The summed E-state index contributed by atoms with van der Waals surface area (Å²) >= 11 is 9.22. The molecule has 0 fully saturated rings. The van der Waals surface area contributed by atoms with Crippen LogP contribution in [0.4, 0.5) is 5.69 Å². The maximum absolute atomic E-state index is 13.0. The smallest absolute Gasteiger partial charge is 0.265 e. The molecular weight excluding hydrogens is 418 g/mol. The summed E-state index contributed by atoms with van der Waals surface area (Å²) < 4.78 is 0.691. The van der Waals surface area contributed by atoms with Gasteiger partial charge in [0.1, 0.15) is 0 Å². The Morgan fingerprint density at radius 2 is 2.00 bits per heavy atom. The highest BCUT2D eigenvalue weighted by Crippen LogP contribution is 2.46. The van der Waals surface area contributed by atoms with E-state index in [4.69, 9.17) is 18.0 Å². The predicted molar refractivity (Wildman–Crippen MR) is 104 cm³/mol. The lowest BCUT2D eigenvalue weighted by molar-refractivity contribution is -0.139. The van der Waals surface area contributed by atoms with Gasteiger partial charge in [-0.2, -0.15) is 0 Å². The summed E-state index contributed by atoms with van der Waals surface area (Å²) in [5.74, 6) is 0.460. The largest absolute Gasteiger partial charge is 0.375 e. The van der Waals surface area contributed by atoms with E-state index in [2.05, 4.69) is 21.9 Å². The molecule has 26 heavy (non-hydrogen) atoms. The SMILES string of the molecule is C#CCN1C(=O)[C@@](O)([C@H](C)C(=O)c2ccc(Cl)cc2)c2cc(Br)ccc21. The molecule has 1 amide bonds. The zero-order chi connectivity index (χ0) is 19.1. The number of hydrogen-bond acceptors (Lipinski definition) is 3. The number of hydrogen-bond donors (Lipinski definition) is 1. The van der Waals surface area contributed by atoms with E-state index in [0.29, 0.717) is 26.3 Å². The zero-order valence-corrected chi connectivity index (χ0v) is 16.2. The summed E-state index contributed by atoms with van der Waals surface area (Å²) in [6, 6.07) is 11.4. The molecule has 132 valence electrons. The van der Waals surface area contributed by atoms with Gasteiger partial charge in [0.25, 0.3) is 5.91 Å². The van der Waals surface area contributed by atoms with Crippen LogP contribution in [0.1, 0.15) is 22.8 Å². The maximum atomic E-state index is 13.0. The van der Waals surface area contributed by atoms with Gasteiger partial charge in [-0.25, -0.2) is 0 Å². The summed E-state index contributed by atoms with van der Waals surface area (Å²) in [4.78, 5) is 27.3. The maximum Gasteiger partial charge on any atom is 0.265 e. The third kappa shape index (κ3) is 2.84. The lowest BCUT2D eigenvalue weighted by Gasteiger charge is -2.28. The molecule has 0 saturated carbocycles. The molecule has 1 aliphatic rings. The quantitative estimate of drug-likeness (QED) is 0.591. The molecule has 0 spiro atoms. The highest BCUT2D eigenvalue weighted by Gasteiger charge is 2.55. The van der Waals surface area contributed by atoms with Crippen LogP contribution in [0.5, 0.6) is 0 Å². The molecule has 6 heteroatoms. The van der Waals surface area contributed by atoms with Gasteiger partial charge >= 0.3 is 0 Å². The lowest BCUT2D eigenvalue weighted by atomic mass is 9.79. The number of amides is 1. The average Bonchev–Trinajstić information content (AvgIpc) is 2.84. The number of benzene rings is 2. The number of nitrogens with zero attached hydrogens (tertiary/aromatic N) is 1. The molecule has 0 radical (unpaired) electrons. The molecule has 1 aliphatic heterocycles. The number of ketones is 1. The Bertz CT molecular complexity index is 935. The fourth-order valence-corrected chi connectivity index (χ4v) is 3.69. The predicted octanol–water partition coefficient (Wildman–Crippen LogP) is 3.79.